The Hall–Kier alpha value is -0.280. The molecule has 0 saturated carbocycles. The third kappa shape index (κ3) is 14.9. The molecule has 7 nitrogen and oxygen atoms in total. The van der Waals surface area contributed by atoms with Crippen molar-refractivity contribution in [2.45, 2.75) is 90.0 Å². The molecule has 0 atom stereocenters. The minimum absolute atomic E-state index is 0.0429. The Morgan fingerprint density at radius 3 is 1.23 bits per heavy atom. The minimum Gasteiger partial charge on any atom is -0.315 e. The van der Waals surface area contributed by atoms with E-state index in [1.165, 1.54) is 70.6 Å². The van der Waals surface area contributed by atoms with Crippen molar-refractivity contribution in [1.82, 2.24) is 37.2 Å². The van der Waals surface area contributed by atoms with Gasteiger partial charge in [-0.15, -0.1) is 0 Å². The Morgan fingerprint density at radius 2 is 0.829 bits per heavy atom. The number of rotatable bonds is 13. The standard InChI is InChI=1S/C28H61N7/c1-3-4-5-6-7-8-9-10-11-12-13-14-35-28-24-32-18-15-29-21-27(2,22-30-16-19-33-25-28)23-31-17-20-34-26-28/h29-35H,3-26H2,1-2H3. The van der Waals surface area contributed by atoms with Crippen LogP contribution in [0.2, 0.25) is 0 Å². The van der Waals surface area contributed by atoms with Crippen LogP contribution in [0.5, 0.6) is 0 Å². The summed E-state index contributed by atoms with van der Waals surface area (Å²) in [6.45, 7) is 18.0. The van der Waals surface area contributed by atoms with Crippen LogP contribution < -0.4 is 37.2 Å². The van der Waals surface area contributed by atoms with Crippen molar-refractivity contribution >= 4 is 0 Å². The van der Waals surface area contributed by atoms with Crippen molar-refractivity contribution < 1.29 is 0 Å². The first kappa shape index (κ1) is 30.9. The molecule has 3 fully saturated rings. The molecule has 7 heteroatoms. The molecule has 0 aromatic carbocycles. The number of unbranched alkanes of at least 4 members (excludes halogenated alkanes) is 10. The normalized spacial score (nSPS) is 27.9. The summed E-state index contributed by atoms with van der Waals surface area (Å²) in [6.07, 6.45) is 15.4. The van der Waals surface area contributed by atoms with Crippen molar-refractivity contribution in [3.8, 4) is 0 Å². The highest BCUT2D eigenvalue weighted by Crippen LogP contribution is 2.13. The van der Waals surface area contributed by atoms with Crippen LogP contribution >= 0.6 is 0 Å². The molecule has 3 aliphatic rings. The quantitative estimate of drug-likeness (QED) is 0.197. The second-order valence-electron chi connectivity index (χ2n) is 11.6. The molecular weight excluding hydrogens is 434 g/mol. The first-order chi connectivity index (χ1) is 17.2. The maximum absolute atomic E-state index is 3.99. The topological polar surface area (TPSA) is 84.2 Å². The molecule has 0 amide bonds. The molecule has 2 bridgehead atoms. The van der Waals surface area contributed by atoms with Gasteiger partial charge in [-0.1, -0.05) is 78.1 Å². The minimum atomic E-state index is 0.0429. The maximum atomic E-state index is 3.99. The molecule has 0 radical (unpaired) electrons. The van der Waals surface area contributed by atoms with Gasteiger partial charge in [0, 0.05) is 84.0 Å². The predicted molar refractivity (Wildman–Crippen MR) is 153 cm³/mol. The maximum Gasteiger partial charge on any atom is 0.0558 e. The molecule has 3 saturated heterocycles. The van der Waals surface area contributed by atoms with Crippen molar-refractivity contribution in [3.63, 3.8) is 0 Å². The van der Waals surface area contributed by atoms with Gasteiger partial charge in [0.05, 0.1) is 5.54 Å². The van der Waals surface area contributed by atoms with Crippen LogP contribution in [0.15, 0.2) is 0 Å². The summed E-state index contributed by atoms with van der Waals surface area (Å²) < 4.78 is 0. The second-order valence-corrected chi connectivity index (χ2v) is 11.6. The average Bonchev–Trinajstić information content (AvgIpc) is 2.85. The summed E-state index contributed by atoms with van der Waals surface area (Å²) in [4.78, 5) is 0. The monoisotopic (exact) mass is 495 g/mol. The fourth-order valence-corrected chi connectivity index (χ4v) is 5.39. The largest absolute Gasteiger partial charge is 0.315 e. The van der Waals surface area contributed by atoms with E-state index in [1.807, 2.05) is 0 Å². The Labute approximate surface area is 217 Å². The lowest BCUT2D eigenvalue weighted by Crippen LogP contribution is -2.65. The van der Waals surface area contributed by atoms with Gasteiger partial charge in [0.15, 0.2) is 0 Å². The Morgan fingerprint density at radius 1 is 0.486 bits per heavy atom. The van der Waals surface area contributed by atoms with Crippen LogP contribution in [0.25, 0.3) is 0 Å². The van der Waals surface area contributed by atoms with Gasteiger partial charge in [0.2, 0.25) is 0 Å². The van der Waals surface area contributed by atoms with Crippen molar-refractivity contribution in [3.05, 3.63) is 0 Å². The van der Waals surface area contributed by atoms with Gasteiger partial charge in [-0.05, 0) is 13.0 Å². The summed E-state index contributed by atoms with van der Waals surface area (Å²) in [6, 6.07) is 0. The van der Waals surface area contributed by atoms with E-state index < -0.39 is 0 Å². The van der Waals surface area contributed by atoms with Gasteiger partial charge in [0.25, 0.3) is 0 Å². The molecular formula is C28H61N7. The van der Waals surface area contributed by atoms with Gasteiger partial charge in [-0.3, -0.25) is 0 Å². The first-order valence-electron chi connectivity index (χ1n) is 15.2. The van der Waals surface area contributed by atoms with E-state index in [-0.39, 0.29) is 11.0 Å². The van der Waals surface area contributed by atoms with Crippen LogP contribution in [-0.2, 0) is 0 Å². The third-order valence-electron chi connectivity index (χ3n) is 7.76. The van der Waals surface area contributed by atoms with Gasteiger partial charge < -0.3 is 37.2 Å². The highest BCUT2D eigenvalue weighted by molar-refractivity contribution is 4.95. The van der Waals surface area contributed by atoms with Crippen molar-refractivity contribution in [1.29, 1.82) is 0 Å². The molecule has 0 spiro atoms. The van der Waals surface area contributed by atoms with Crippen molar-refractivity contribution in [2.75, 3.05) is 85.1 Å². The molecule has 0 aromatic rings. The van der Waals surface area contributed by atoms with Crippen LogP contribution in [0.4, 0.5) is 0 Å². The van der Waals surface area contributed by atoms with Crippen LogP contribution in [0.3, 0.4) is 0 Å². The number of hydrogen-bond acceptors (Lipinski definition) is 7. The fraction of sp³-hybridized carbons (Fsp3) is 1.00. The highest BCUT2D eigenvalue weighted by Gasteiger charge is 2.29. The summed E-state index contributed by atoms with van der Waals surface area (Å²) in [5.41, 5.74) is 0.273. The summed E-state index contributed by atoms with van der Waals surface area (Å²) in [7, 11) is 0. The Bertz CT molecular complexity index is 444. The van der Waals surface area contributed by atoms with E-state index in [0.29, 0.717) is 0 Å². The van der Waals surface area contributed by atoms with Crippen LogP contribution in [0, 0.1) is 5.41 Å². The van der Waals surface area contributed by atoms with Crippen molar-refractivity contribution in [2.24, 2.45) is 5.41 Å². The summed E-state index contributed by atoms with van der Waals surface area (Å²) >= 11 is 0. The predicted octanol–water partition coefficient (Wildman–Crippen LogP) is 2.20. The molecule has 35 heavy (non-hydrogen) atoms. The molecule has 3 rings (SSSR count). The zero-order valence-electron chi connectivity index (χ0n) is 23.5. The third-order valence-corrected chi connectivity index (χ3v) is 7.76. The second kappa shape index (κ2) is 19.8. The van der Waals surface area contributed by atoms with E-state index in [1.54, 1.807) is 0 Å². The summed E-state index contributed by atoms with van der Waals surface area (Å²) in [5.74, 6) is 0. The number of fused-ring (bicyclic) bond motifs is 15. The lowest BCUT2D eigenvalue weighted by Gasteiger charge is -2.38. The van der Waals surface area contributed by atoms with Crippen LogP contribution in [-0.4, -0.2) is 90.6 Å². The van der Waals surface area contributed by atoms with E-state index in [0.717, 1.165) is 85.1 Å². The Kier molecular flexibility index (Phi) is 17.5. The van der Waals surface area contributed by atoms with Gasteiger partial charge in [-0.2, -0.15) is 0 Å². The van der Waals surface area contributed by atoms with E-state index in [2.05, 4.69) is 51.1 Å². The van der Waals surface area contributed by atoms with E-state index in [9.17, 15) is 0 Å². The first-order valence-corrected chi connectivity index (χ1v) is 15.2. The molecule has 3 heterocycles. The smallest absolute Gasteiger partial charge is 0.0558 e. The molecule has 0 unspecified atom stereocenters. The Balaban J connectivity index is 1.75. The lowest BCUT2D eigenvalue weighted by atomic mass is 9.90. The molecule has 3 aliphatic heterocycles. The van der Waals surface area contributed by atoms with E-state index in [4.69, 9.17) is 0 Å². The fourth-order valence-electron chi connectivity index (χ4n) is 5.39. The van der Waals surface area contributed by atoms with Gasteiger partial charge in [0.1, 0.15) is 0 Å². The molecule has 208 valence electrons. The zero-order chi connectivity index (χ0) is 24.9. The van der Waals surface area contributed by atoms with Gasteiger partial charge in [-0.25, -0.2) is 0 Å². The SMILES string of the molecule is CCCCCCCCCCCCCNC12CNCCNCC(C)(CNCCNC1)CNCCNC2. The summed E-state index contributed by atoms with van der Waals surface area (Å²) in [5, 5.41) is 26.4. The molecule has 0 aromatic heterocycles. The molecule has 7 N–H and O–H groups in total. The number of nitrogens with one attached hydrogen (secondary N) is 7. The average molecular weight is 496 g/mol. The highest BCUT2D eigenvalue weighted by atomic mass is 15.1. The number of hydrogen-bond donors (Lipinski definition) is 7. The van der Waals surface area contributed by atoms with Gasteiger partial charge >= 0.3 is 0 Å². The zero-order valence-corrected chi connectivity index (χ0v) is 23.5. The lowest BCUT2D eigenvalue weighted by molar-refractivity contribution is 0.250. The van der Waals surface area contributed by atoms with E-state index >= 15 is 0 Å². The van der Waals surface area contributed by atoms with Crippen LogP contribution in [0.1, 0.15) is 84.5 Å². The molecule has 0 aliphatic carbocycles.